The van der Waals surface area contributed by atoms with Gasteiger partial charge in [0.1, 0.15) is 19.8 Å². The second-order valence-electron chi connectivity index (χ2n) is 18.2. The SMILES string of the molecule is C=C(C)COCCOC(=O)CCCSC1(P(=O)(OCC)OCC)SC2(CCCCCCCCCCC34C=CC(C3)C(SCCCC(=O)OCCOC(=O)C(=C)C)(P(=O)(OCC)OCC)S4)C=CC1C2. The van der Waals surface area contributed by atoms with Crippen LogP contribution in [0.4, 0.5) is 0 Å². The van der Waals surface area contributed by atoms with Crippen molar-refractivity contribution in [2.75, 3.05) is 71.0 Å². The van der Waals surface area contributed by atoms with E-state index in [9.17, 15) is 23.5 Å². The number of fused-ring (bicyclic) bond motifs is 4. The first kappa shape index (κ1) is 60.6. The van der Waals surface area contributed by atoms with Crippen LogP contribution in [0.15, 0.2) is 48.6 Å². The van der Waals surface area contributed by atoms with E-state index >= 15 is 0 Å². The highest BCUT2D eigenvalue weighted by atomic mass is 32.2. The highest BCUT2D eigenvalue weighted by Crippen LogP contribution is 2.82. The molecule has 0 spiro atoms. The van der Waals surface area contributed by atoms with E-state index in [-0.39, 0.29) is 79.1 Å². The average molecular weight is 1080 g/mol. The van der Waals surface area contributed by atoms with Gasteiger partial charge >= 0.3 is 33.1 Å². The number of esters is 3. The summed E-state index contributed by atoms with van der Waals surface area (Å²) in [6.45, 7) is 20.4. The van der Waals surface area contributed by atoms with Crippen molar-refractivity contribution in [3.8, 4) is 0 Å². The van der Waals surface area contributed by atoms with Gasteiger partial charge in [0.05, 0.1) is 39.6 Å². The Morgan fingerprint density at radius 1 is 0.594 bits per heavy atom. The van der Waals surface area contributed by atoms with Gasteiger partial charge in [-0.3, -0.25) is 18.7 Å². The molecule has 4 aliphatic rings. The number of hydrogen-bond donors (Lipinski definition) is 0. The molecule has 0 amide bonds. The number of carbonyl (C=O) groups is 3. The molecule has 394 valence electrons. The van der Waals surface area contributed by atoms with Crippen LogP contribution in [0.5, 0.6) is 0 Å². The molecule has 0 saturated carbocycles. The summed E-state index contributed by atoms with van der Waals surface area (Å²) < 4.78 is 72.7. The van der Waals surface area contributed by atoms with Crippen molar-refractivity contribution in [2.45, 2.75) is 161 Å². The molecular weight excluding hydrogens is 999 g/mol. The van der Waals surface area contributed by atoms with E-state index in [0.29, 0.717) is 56.3 Å². The van der Waals surface area contributed by atoms with Gasteiger partial charge in [0.15, 0.2) is 7.64 Å². The molecule has 69 heavy (non-hydrogen) atoms. The van der Waals surface area contributed by atoms with Crippen molar-refractivity contribution in [3.63, 3.8) is 0 Å². The van der Waals surface area contributed by atoms with Crippen LogP contribution >= 0.6 is 62.2 Å². The molecule has 0 aromatic rings. The van der Waals surface area contributed by atoms with E-state index in [2.05, 4.69) is 37.5 Å². The molecule has 0 aromatic heterocycles. The van der Waals surface area contributed by atoms with E-state index in [1.54, 1.807) is 54.0 Å². The third-order valence-corrected chi connectivity index (χ3v) is 27.6. The molecule has 2 aliphatic heterocycles. The molecule has 0 N–H and O–H groups in total. The second kappa shape index (κ2) is 29.8. The predicted molar refractivity (Wildman–Crippen MR) is 285 cm³/mol. The summed E-state index contributed by atoms with van der Waals surface area (Å²) in [6, 6.07) is 0. The van der Waals surface area contributed by atoms with Crippen LogP contribution in [0.2, 0.25) is 0 Å². The summed E-state index contributed by atoms with van der Waals surface area (Å²) >= 11 is 6.79. The molecule has 4 rings (SSSR count). The van der Waals surface area contributed by atoms with E-state index in [0.717, 1.165) is 56.9 Å². The van der Waals surface area contributed by atoms with E-state index < -0.39 is 28.8 Å². The molecule has 6 unspecified atom stereocenters. The zero-order chi connectivity index (χ0) is 50.4. The molecule has 0 radical (unpaired) electrons. The van der Waals surface area contributed by atoms with Gasteiger partial charge < -0.3 is 37.0 Å². The van der Waals surface area contributed by atoms with Crippen LogP contribution in [0.1, 0.15) is 144 Å². The fraction of sp³-hybridized carbons (Fsp3) is 0.780. The molecule has 2 heterocycles. The number of rotatable bonds is 40. The smallest absolute Gasteiger partial charge is 0.357 e. The standard InChI is InChI=1S/C50H82O13P2S4/c1-9-60-64(54,61-10-2)49(66-35-21-23-44(51)57-32-31-56-39-40(5)6)42-25-29-47(37-42,68-49)27-19-17-15-13-14-16-18-20-28-48-30-26-43(38-48)50(69-48,65(55,62-11-3)63-12-4)67-36-22-24-45(52)58-33-34-59-46(53)41(7)8/h25-26,29-30,42-43H,5,7,9-24,27-28,31-39H2,1-4,6,8H3. The van der Waals surface area contributed by atoms with Crippen LogP contribution < -0.4 is 0 Å². The summed E-state index contributed by atoms with van der Waals surface area (Å²) in [5.41, 5.74) is 1.21. The largest absolute Gasteiger partial charge is 0.463 e. The van der Waals surface area contributed by atoms with Crippen LogP contribution in [0.3, 0.4) is 0 Å². The minimum absolute atomic E-state index is 0.0122. The third-order valence-electron chi connectivity index (χ3n) is 12.4. The van der Waals surface area contributed by atoms with Crippen molar-refractivity contribution < 1.29 is 60.6 Å². The zero-order valence-corrected chi connectivity index (χ0v) is 47.4. The lowest BCUT2D eigenvalue weighted by atomic mass is 9.96. The Hall–Kier alpha value is -0.970. The first-order valence-electron chi connectivity index (χ1n) is 25.2. The minimum atomic E-state index is -3.54. The topological polar surface area (TPSA) is 159 Å². The molecule has 0 aromatic carbocycles. The number of thioether (sulfide) groups is 4. The molecule has 6 atom stereocenters. The number of hydrogen-bond acceptors (Lipinski definition) is 17. The molecular formula is C50H82O13P2S4. The van der Waals surface area contributed by atoms with Crippen molar-refractivity contribution in [3.05, 3.63) is 48.6 Å². The van der Waals surface area contributed by atoms with Crippen LogP contribution in [0.25, 0.3) is 0 Å². The monoisotopic (exact) mass is 1080 g/mol. The average Bonchev–Trinajstić information content (AvgIpc) is 4.08. The lowest BCUT2D eigenvalue weighted by Crippen LogP contribution is -2.30. The highest BCUT2D eigenvalue weighted by molar-refractivity contribution is 8.26. The normalized spacial score (nSPS) is 25.7. The van der Waals surface area contributed by atoms with Crippen molar-refractivity contribution in [1.82, 2.24) is 0 Å². The van der Waals surface area contributed by atoms with E-state index in [1.807, 2.05) is 34.6 Å². The number of unbranched alkanes of at least 4 members (excludes halogenated alkanes) is 7. The van der Waals surface area contributed by atoms with E-state index in [1.165, 1.54) is 25.7 Å². The maximum Gasteiger partial charge on any atom is 0.357 e. The Labute approximate surface area is 431 Å². The first-order valence-corrected chi connectivity index (χ1v) is 31.9. The second-order valence-corrected chi connectivity index (χ2v) is 30.4. The Kier molecular flexibility index (Phi) is 26.2. The Morgan fingerprint density at radius 3 is 1.38 bits per heavy atom. The lowest BCUT2D eigenvalue weighted by molar-refractivity contribution is -0.150. The summed E-state index contributed by atoms with van der Waals surface area (Å²) in [4.78, 5) is 36.5. The summed E-state index contributed by atoms with van der Waals surface area (Å²) in [5.74, 6) is 0.171. The van der Waals surface area contributed by atoms with Gasteiger partial charge in [-0.05, 0) is 91.6 Å². The molecule has 13 nitrogen and oxygen atoms in total. The third kappa shape index (κ3) is 17.0. The van der Waals surface area contributed by atoms with Crippen LogP contribution in [0, 0.1) is 11.8 Å². The van der Waals surface area contributed by atoms with E-state index in [4.69, 9.17) is 37.0 Å². The molecule has 4 bridgehead atoms. The minimum Gasteiger partial charge on any atom is -0.463 e. The lowest BCUT2D eigenvalue weighted by Gasteiger charge is -2.40. The Bertz CT molecular complexity index is 1830. The predicted octanol–water partition coefficient (Wildman–Crippen LogP) is 13.7. The Morgan fingerprint density at radius 2 is 0.986 bits per heavy atom. The quantitative estimate of drug-likeness (QED) is 0.0142. The number of carbonyl (C=O) groups excluding carboxylic acids is 3. The molecule has 2 fully saturated rings. The number of ether oxygens (including phenoxy) is 4. The first-order chi connectivity index (χ1) is 33.0. The van der Waals surface area contributed by atoms with Crippen LogP contribution in [-0.2, 0) is 60.6 Å². The Balaban J connectivity index is 1.19. The molecule has 2 aliphatic carbocycles. The number of allylic oxidation sites excluding steroid dienone is 2. The maximum atomic E-state index is 14.6. The fourth-order valence-electron chi connectivity index (χ4n) is 9.32. The molecule has 2 saturated heterocycles. The van der Waals surface area contributed by atoms with Gasteiger partial charge in [-0.1, -0.05) is 94.4 Å². The summed E-state index contributed by atoms with van der Waals surface area (Å²) in [7, 11) is -7.06. The molecule has 19 heteroatoms. The van der Waals surface area contributed by atoms with Crippen molar-refractivity contribution in [2.24, 2.45) is 11.8 Å². The highest BCUT2D eigenvalue weighted by Gasteiger charge is 2.68. The maximum absolute atomic E-state index is 14.6. The van der Waals surface area contributed by atoms with Gasteiger partial charge in [0.25, 0.3) is 0 Å². The summed E-state index contributed by atoms with van der Waals surface area (Å²) in [5, 5.41) is 0. The van der Waals surface area contributed by atoms with Crippen molar-refractivity contribution >= 4 is 80.1 Å². The summed E-state index contributed by atoms with van der Waals surface area (Å²) in [6.07, 6.45) is 23.8. The van der Waals surface area contributed by atoms with Gasteiger partial charge in [0, 0.05) is 39.7 Å². The van der Waals surface area contributed by atoms with Gasteiger partial charge in [-0.2, -0.15) is 0 Å². The van der Waals surface area contributed by atoms with Crippen molar-refractivity contribution in [1.29, 1.82) is 0 Å². The zero-order valence-electron chi connectivity index (χ0n) is 42.3. The van der Waals surface area contributed by atoms with Gasteiger partial charge in [0.2, 0.25) is 0 Å². The van der Waals surface area contributed by atoms with Crippen LogP contribution in [-0.4, -0.2) is 106 Å². The van der Waals surface area contributed by atoms with Gasteiger partial charge in [-0.15, -0.1) is 47.0 Å². The van der Waals surface area contributed by atoms with Gasteiger partial charge in [-0.25, -0.2) is 4.79 Å². The fourth-order valence-corrected chi connectivity index (χ4v) is 24.8.